The van der Waals surface area contributed by atoms with Crippen molar-refractivity contribution >= 4 is 31.5 Å². The number of anilines is 2. The topological polar surface area (TPSA) is 130 Å². The SMILES string of the molecule is COc1ccc2c(c1)[C@@]1(O[C@H](CCn3cc(C(CO)c4ccccc4)nn3)[C@@H]([Si](C)(C)O)[C@@H]1C)C(=O)N2Cc1ccc(N2CCCC2=O)cc1. The predicted octanol–water partition coefficient (Wildman–Crippen LogP) is 4.97. The van der Waals surface area contributed by atoms with Crippen molar-refractivity contribution in [2.45, 2.75) is 75.5 Å². The molecular weight excluding hydrogens is 651 g/mol. The summed E-state index contributed by atoms with van der Waals surface area (Å²) in [4.78, 5) is 42.5. The second-order valence-corrected chi connectivity index (χ2v) is 18.3. The Labute approximate surface area is 293 Å². The van der Waals surface area contributed by atoms with Gasteiger partial charge in [-0.05, 0) is 67.4 Å². The number of aryl methyl sites for hydroxylation is 1. The molecule has 50 heavy (non-hydrogen) atoms. The number of hydrogen-bond donors (Lipinski definition) is 2. The Bertz CT molecular complexity index is 1860. The van der Waals surface area contributed by atoms with E-state index in [0.29, 0.717) is 37.4 Å². The number of aromatic nitrogens is 3. The van der Waals surface area contributed by atoms with Crippen LogP contribution in [0.4, 0.5) is 11.4 Å². The highest BCUT2D eigenvalue weighted by molar-refractivity contribution is 6.71. The van der Waals surface area contributed by atoms with E-state index in [-0.39, 0.29) is 35.8 Å². The fraction of sp³-hybridized carbons (Fsp3) is 0.421. The molecule has 3 aliphatic heterocycles. The average Bonchev–Trinajstić information content (AvgIpc) is 3.88. The van der Waals surface area contributed by atoms with E-state index in [4.69, 9.17) is 9.47 Å². The number of methoxy groups -OCH3 is 1. The number of ether oxygens (including phenoxy) is 2. The van der Waals surface area contributed by atoms with Crippen molar-refractivity contribution in [1.29, 1.82) is 0 Å². The van der Waals surface area contributed by atoms with Gasteiger partial charge in [0.1, 0.15) is 5.75 Å². The number of aliphatic hydroxyl groups excluding tert-OH is 1. The van der Waals surface area contributed by atoms with Crippen LogP contribution in [-0.2, 0) is 33.0 Å². The van der Waals surface area contributed by atoms with Gasteiger partial charge in [-0.25, -0.2) is 0 Å². The summed E-state index contributed by atoms with van der Waals surface area (Å²) in [5.41, 5.74) is 3.38. The van der Waals surface area contributed by atoms with Gasteiger partial charge in [-0.1, -0.05) is 54.6 Å². The third-order valence-electron chi connectivity index (χ3n) is 10.8. The van der Waals surface area contributed by atoms with E-state index in [1.54, 1.807) is 16.7 Å². The number of hydrogen-bond acceptors (Lipinski definition) is 8. The van der Waals surface area contributed by atoms with E-state index in [0.717, 1.165) is 41.0 Å². The van der Waals surface area contributed by atoms with Gasteiger partial charge < -0.3 is 29.2 Å². The fourth-order valence-electron chi connectivity index (χ4n) is 8.39. The Morgan fingerprint density at radius 3 is 2.50 bits per heavy atom. The summed E-state index contributed by atoms with van der Waals surface area (Å²) in [7, 11) is -1.27. The summed E-state index contributed by atoms with van der Waals surface area (Å²) in [5.74, 6) is -0.0145. The zero-order chi connectivity index (χ0) is 35.2. The van der Waals surface area contributed by atoms with Crippen LogP contribution < -0.4 is 14.5 Å². The molecule has 0 bridgehead atoms. The summed E-state index contributed by atoms with van der Waals surface area (Å²) in [6.07, 6.45) is 3.36. The predicted molar refractivity (Wildman–Crippen MR) is 191 cm³/mol. The number of benzene rings is 3. The monoisotopic (exact) mass is 695 g/mol. The second-order valence-electron chi connectivity index (χ2n) is 14.3. The van der Waals surface area contributed by atoms with Crippen molar-refractivity contribution in [3.8, 4) is 5.75 Å². The number of amides is 2. The summed E-state index contributed by atoms with van der Waals surface area (Å²) in [5, 5.41) is 18.9. The highest BCUT2D eigenvalue weighted by Gasteiger charge is 2.66. The first-order chi connectivity index (χ1) is 24.0. The number of carbonyl (C=O) groups excluding carboxylic acids is 2. The standard InChI is InChI=1S/C38H45N5O6Si/c1-25-36(50(3,4)47)34(18-20-41-23-32(39-40-41)30(24-44)27-9-6-5-7-10-27)49-38(25)31-21-29(48-2)16-17-33(31)43(37(38)46)22-26-12-14-28(15-13-26)42-19-8-11-35(42)45/h5-7,9-10,12-17,21,23,25,30,34,36,44,47H,8,11,18-20,22,24H2,1-4H3/t25-,30?,34+,36-,38+/m0/s1. The number of aliphatic hydroxyl groups is 1. The van der Waals surface area contributed by atoms with E-state index in [2.05, 4.69) is 10.3 Å². The molecule has 0 aliphatic carbocycles. The van der Waals surface area contributed by atoms with Crippen molar-refractivity contribution in [3.05, 3.63) is 101 Å². The minimum absolute atomic E-state index is 0.0927. The molecule has 11 nitrogen and oxygen atoms in total. The number of rotatable bonds is 11. The first-order valence-electron chi connectivity index (χ1n) is 17.4. The molecule has 2 fully saturated rings. The maximum atomic E-state index is 14.8. The molecule has 2 saturated heterocycles. The summed E-state index contributed by atoms with van der Waals surface area (Å²) < 4.78 is 14.4. The normalized spacial score (nSPS) is 24.0. The molecule has 5 atom stereocenters. The van der Waals surface area contributed by atoms with Gasteiger partial charge in [0.25, 0.3) is 5.91 Å². The largest absolute Gasteiger partial charge is 0.497 e. The highest BCUT2D eigenvalue weighted by atomic mass is 28.4. The van der Waals surface area contributed by atoms with Crippen LogP contribution in [0.25, 0.3) is 0 Å². The smallest absolute Gasteiger partial charge is 0.264 e. The van der Waals surface area contributed by atoms with Gasteiger partial charge in [-0.2, -0.15) is 0 Å². The number of fused-ring (bicyclic) bond motifs is 2. The first-order valence-corrected chi connectivity index (χ1v) is 20.4. The number of nitrogens with zero attached hydrogens (tertiary/aromatic N) is 5. The third kappa shape index (κ3) is 5.93. The Kier molecular flexibility index (Phi) is 9.14. The molecule has 1 spiro atoms. The van der Waals surface area contributed by atoms with Crippen molar-refractivity contribution in [2.75, 3.05) is 30.1 Å². The zero-order valence-corrected chi connectivity index (χ0v) is 30.0. The van der Waals surface area contributed by atoms with E-state index < -0.39 is 20.0 Å². The van der Waals surface area contributed by atoms with E-state index in [1.165, 1.54) is 0 Å². The maximum absolute atomic E-state index is 14.8. The van der Waals surface area contributed by atoms with Crippen LogP contribution in [0, 0.1) is 5.92 Å². The minimum atomic E-state index is -2.88. The Morgan fingerprint density at radius 2 is 1.84 bits per heavy atom. The van der Waals surface area contributed by atoms with Crippen LogP contribution in [0.1, 0.15) is 54.5 Å². The molecular formula is C38H45N5O6Si. The van der Waals surface area contributed by atoms with E-state index >= 15 is 0 Å². The third-order valence-corrected chi connectivity index (χ3v) is 13.3. The second kappa shape index (κ2) is 13.4. The number of carbonyl (C=O) groups is 2. The molecule has 12 heteroatoms. The molecule has 262 valence electrons. The minimum Gasteiger partial charge on any atom is -0.497 e. The van der Waals surface area contributed by atoms with Crippen molar-refractivity contribution in [3.63, 3.8) is 0 Å². The van der Waals surface area contributed by atoms with Gasteiger partial charge in [0.05, 0.1) is 43.7 Å². The van der Waals surface area contributed by atoms with Crippen LogP contribution in [-0.4, -0.2) is 71.4 Å². The lowest BCUT2D eigenvalue weighted by Crippen LogP contribution is -2.46. The van der Waals surface area contributed by atoms with Crippen LogP contribution >= 0.6 is 0 Å². The van der Waals surface area contributed by atoms with Crippen LogP contribution in [0.15, 0.2) is 79.0 Å². The van der Waals surface area contributed by atoms with E-state index in [1.807, 2.05) is 104 Å². The summed E-state index contributed by atoms with van der Waals surface area (Å²) in [6, 6.07) is 23.3. The van der Waals surface area contributed by atoms with Crippen LogP contribution in [0.3, 0.4) is 0 Å². The molecule has 0 radical (unpaired) electrons. The van der Waals surface area contributed by atoms with Crippen molar-refractivity contribution < 1.29 is 29.0 Å². The lowest BCUT2D eigenvalue weighted by Gasteiger charge is -2.32. The summed E-state index contributed by atoms with van der Waals surface area (Å²) >= 11 is 0. The van der Waals surface area contributed by atoms with Gasteiger partial charge in [0.2, 0.25) is 5.91 Å². The quantitative estimate of drug-likeness (QED) is 0.211. The van der Waals surface area contributed by atoms with Crippen LogP contribution in [0.2, 0.25) is 18.6 Å². The maximum Gasteiger partial charge on any atom is 0.264 e. The van der Waals surface area contributed by atoms with Gasteiger partial charge >= 0.3 is 0 Å². The molecule has 1 unspecified atom stereocenters. The molecule has 4 aromatic rings. The lowest BCUT2D eigenvalue weighted by atomic mass is 9.82. The average molecular weight is 696 g/mol. The van der Waals surface area contributed by atoms with Gasteiger partial charge in [-0.3, -0.25) is 14.3 Å². The molecule has 3 aromatic carbocycles. The van der Waals surface area contributed by atoms with Gasteiger partial charge in [-0.15, -0.1) is 5.10 Å². The molecule has 1 aromatic heterocycles. The highest BCUT2D eigenvalue weighted by Crippen LogP contribution is 2.60. The molecule has 3 aliphatic rings. The zero-order valence-electron chi connectivity index (χ0n) is 29.0. The fourth-order valence-corrected chi connectivity index (χ4v) is 11.0. The first kappa shape index (κ1) is 34.1. The van der Waals surface area contributed by atoms with E-state index in [9.17, 15) is 19.5 Å². The summed E-state index contributed by atoms with van der Waals surface area (Å²) in [6.45, 7) is 7.28. The van der Waals surface area contributed by atoms with Gasteiger partial charge in [0, 0.05) is 48.4 Å². The lowest BCUT2D eigenvalue weighted by molar-refractivity contribution is -0.146. The Balaban J connectivity index is 1.17. The van der Waals surface area contributed by atoms with Crippen molar-refractivity contribution in [1.82, 2.24) is 15.0 Å². The Hall–Kier alpha value is -4.36. The molecule has 4 heterocycles. The van der Waals surface area contributed by atoms with Crippen molar-refractivity contribution in [2.24, 2.45) is 5.92 Å². The Morgan fingerprint density at radius 1 is 1.08 bits per heavy atom. The molecule has 2 N–H and O–H groups in total. The molecule has 2 amide bonds. The van der Waals surface area contributed by atoms with Crippen LogP contribution in [0.5, 0.6) is 5.75 Å². The molecule has 0 saturated carbocycles. The van der Waals surface area contributed by atoms with Gasteiger partial charge in [0.15, 0.2) is 13.9 Å². The molecule has 7 rings (SSSR count).